The van der Waals surface area contributed by atoms with Crippen molar-refractivity contribution >= 4 is 21.4 Å². The highest BCUT2D eigenvalue weighted by Gasteiger charge is 2.32. The van der Waals surface area contributed by atoms with Crippen LogP contribution in [0.15, 0.2) is 41.3 Å². The highest BCUT2D eigenvalue weighted by molar-refractivity contribution is 7.89. The molecule has 0 radical (unpaired) electrons. The van der Waals surface area contributed by atoms with Gasteiger partial charge in [-0.15, -0.1) is 0 Å². The van der Waals surface area contributed by atoms with Gasteiger partial charge >= 0.3 is 0 Å². The SMILES string of the molecule is Cc1ccc(O)c(S(=O)(=O)N2CCN(c3ccc(F)cc3[N+](=O)[O-])CC2)c1. The maximum Gasteiger partial charge on any atom is 0.295 e. The first-order valence-corrected chi connectivity index (χ1v) is 9.63. The van der Waals surface area contributed by atoms with Crippen molar-refractivity contribution in [1.29, 1.82) is 0 Å². The van der Waals surface area contributed by atoms with E-state index in [1.54, 1.807) is 17.9 Å². The second-order valence-corrected chi connectivity index (χ2v) is 8.16. The highest BCUT2D eigenvalue weighted by Crippen LogP contribution is 2.31. The Hall–Kier alpha value is -2.72. The first kappa shape index (κ1) is 19.1. The molecule has 0 spiro atoms. The zero-order chi connectivity index (χ0) is 19.8. The molecule has 10 heteroatoms. The summed E-state index contributed by atoms with van der Waals surface area (Å²) in [6.45, 7) is 2.31. The van der Waals surface area contributed by atoms with Crippen molar-refractivity contribution in [2.24, 2.45) is 0 Å². The minimum atomic E-state index is -3.89. The van der Waals surface area contributed by atoms with E-state index in [1.807, 2.05) is 0 Å². The summed E-state index contributed by atoms with van der Waals surface area (Å²) in [5.41, 5.74) is 0.589. The summed E-state index contributed by atoms with van der Waals surface area (Å²) < 4.78 is 40.2. The van der Waals surface area contributed by atoms with Crippen LogP contribution < -0.4 is 4.90 Å². The molecule has 2 aromatic carbocycles. The van der Waals surface area contributed by atoms with Crippen LogP contribution in [-0.4, -0.2) is 48.9 Å². The van der Waals surface area contributed by atoms with Gasteiger partial charge in [0.25, 0.3) is 5.69 Å². The van der Waals surface area contributed by atoms with Gasteiger partial charge in [-0.25, -0.2) is 12.8 Å². The van der Waals surface area contributed by atoms with Gasteiger partial charge in [0.2, 0.25) is 10.0 Å². The van der Waals surface area contributed by atoms with Gasteiger partial charge in [-0.2, -0.15) is 4.31 Å². The first-order valence-electron chi connectivity index (χ1n) is 8.19. The first-order chi connectivity index (χ1) is 12.7. The van der Waals surface area contributed by atoms with E-state index >= 15 is 0 Å². The van der Waals surface area contributed by atoms with E-state index in [4.69, 9.17) is 0 Å². The smallest absolute Gasteiger partial charge is 0.295 e. The summed E-state index contributed by atoms with van der Waals surface area (Å²) in [4.78, 5) is 12.0. The number of phenols is 1. The summed E-state index contributed by atoms with van der Waals surface area (Å²) in [6, 6.07) is 7.66. The molecular weight excluding hydrogens is 377 g/mol. The number of halogens is 1. The van der Waals surface area contributed by atoms with E-state index in [-0.39, 0.29) is 48.2 Å². The molecule has 0 amide bonds. The third-order valence-corrected chi connectivity index (χ3v) is 6.37. The monoisotopic (exact) mass is 395 g/mol. The van der Waals surface area contributed by atoms with Gasteiger partial charge in [0, 0.05) is 26.2 Å². The fourth-order valence-corrected chi connectivity index (χ4v) is 4.64. The molecule has 1 heterocycles. The van der Waals surface area contributed by atoms with Gasteiger partial charge in [-0.05, 0) is 36.8 Å². The normalized spacial score (nSPS) is 15.7. The summed E-state index contributed by atoms with van der Waals surface area (Å²) in [5.74, 6) is -1.03. The molecule has 1 saturated heterocycles. The van der Waals surface area contributed by atoms with E-state index in [9.17, 15) is 28.0 Å². The number of rotatable bonds is 4. The maximum absolute atomic E-state index is 13.3. The fraction of sp³-hybridized carbons (Fsp3) is 0.294. The topological polar surface area (TPSA) is 104 Å². The predicted molar refractivity (Wildman–Crippen MR) is 96.9 cm³/mol. The van der Waals surface area contributed by atoms with Gasteiger partial charge in [0.15, 0.2) is 0 Å². The third-order valence-electron chi connectivity index (χ3n) is 4.45. The van der Waals surface area contributed by atoms with Crippen LogP contribution in [0.5, 0.6) is 5.75 Å². The average molecular weight is 395 g/mol. The minimum absolute atomic E-state index is 0.0875. The second-order valence-electron chi connectivity index (χ2n) is 6.25. The molecule has 0 saturated carbocycles. The van der Waals surface area contributed by atoms with Gasteiger partial charge in [0.05, 0.1) is 11.0 Å². The molecule has 144 valence electrons. The van der Waals surface area contributed by atoms with E-state index in [0.717, 1.165) is 12.1 Å². The average Bonchev–Trinajstić information content (AvgIpc) is 2.63. The predicted octanol–water partition coefficient (Wildman–Crippen LogP) is 2.26. The number of phenolic OH excluding ortho intramolecular Hbond substituents is 1. The molecule has 0 aliphatic carbocycles. The molecular formula is C17H18FN3O5S. The zero-order valence-electron chi connectivity index (χ0n) is 14.5. The molecule has 1 aliphatic heterocycles. The summed E-state index contributed by atoms with van der Waals surface area (Å²) in [6.07, 6.45) is 0. The van der Waals surface area contributed by atoms with Crippen LogP contribution in [0.1, 0.15) is 5.56 Å². The largest absolute Gasteiger partial charge is 0.507 e. The Bertz CT molecular complexity index is 988. The fourth-order valence-electron chi connectivity index (χ4n) is 3.05. The Morgan fingerprint density at radius 2 is 1.78 bits per heavy atom. The summed E-state index contributed by atoms with van der Waals surface area (Å²) in [5, 5.41) is 21.1. The lowest BCUT2D eigenvalue weighted by Crippen LogP contribution is -2.48. The standard InChI is InChI=1S/C17H18FN3O5S/c1-12-2-5-16(22)17(10-12)27(25,26)20-8-6-19(7-9-20)14-4-3-13(18)11-15(14)21(23)24/h2-5,10-11,22H,6-9H2,1H3. The van der Waals surface area contributed by atoms with Crippen molar-refractivity contribution in [1.82, 2.24) is 4.31 Å². The number of sulfonamides is 1. The van der Waals surface area contributed by atoms with Crippen LogP contribution in [0, 0.1) is 22.9 Å². The Kier molecular flexibility index (Phi) is 5.03. The lowest BCUT2D eigenvalue weighted by atomic mass is 10.2. The quantitative estimate of drug-likeness (QED) is 0.629. The molecule has 1 N–H and O–H groups in total. The van der Waals surface area contributed by atoms with Gasteiger partial charge in [-0.3, -0.25) is 10.1 Å². The van der Waals surface area contributed by atoms with E-state index in [1.165, 1.54) is 22.5 Å². The molecule has 1 fully saturated rings. The van der Waals surface area contributed by atoms with Crippen LogP contribution in [0.25, 0.3) is 0 Å². The number of piperazine rings is 1. The van der Waals surface area contributed by atoms with Crippen LogP contribution in [0.3, 0.4) is 0 Å². The number of benzene rings is 2. The number of nitro groups is 1. The molecule has 0 atom stereocenters. The molecule has 0 unspecified atom stereocenters. The van der Waals surface area contributed by atoms with E-state index in [2.05, 4.69) is 0 Å². The lowest BCUT2D eigenvalue weighted by molar-refractivity contribution is -0.384. The van der Waals surface area contributed by atoms with Gasteiger partial charge in [-0.1, -0.05) is 6.07 Å². The number of aryl methyl sites for hydroxylation is 1. The number of nitrogens with zero attached hydrogens (tertiary/aromatic N) is 3. The van der Waals surface area contributed by atoms with Crippen molar-refractivity contribution in [3.8, 4) is 5.75 Å². The Balaban J connectivity index is 1.82. The van der Waals surface area contributed by atoms with E-state index in [0.29, 0.717) is 5.56 Å². The number of aromatic hydroxyl groups is 1. The molecule has 3 rings (SSSR count). The number of hydrogen-bond acceptors (Lipinski definition) is 6. The molecule has 8 nitrogen and oxygen atoms in total. The van der Waals surface area contributed by atoms with Crippen molar-refractivity contribution in [3.05, 3.63) is 57.9 Å². The van der Waals surface area contributed by atoms with Crippen molar-refractivity contribution < 1.29 is 22.8 Å². The van der Waals surface area contributed by atoms with Crippen LogP contribution >= 0.6 is 0 Å². The van der Waals surface area contributed by atoms with Crippen molar-refractivity contribution in [3.63, 3.8) is 0 Å². The second kappa shape index (κ2) is 7.12. The van der Waals surface area contributed by atoms with Crippen molar-refractivity contribution in [2.75, 3.05) is 31.1 Å². The van der Waals surface area contributed by atoms with Crippen LogP contribution in [-0.2, 0) is 10.0 Å². The highest BCUT2D eigenvalue weighted by atomic mass is 32.2. The Morgan fingerprint density at radius 3 is 2.41 bits per heavy atom. The molecule has 0 aromatic heterocycles. The maximum atomic E-state index is 13.3. The van der Waals surface area contributed by atoms with Crippen LogP contribution in [0.4, 0.5) is 15.8 Å². The molecule has 0 bridgehead atoms. The van der Waals surface area contributed by atoms with Crippen molar-refractivity contribution in [2.45, 2.75) is 11.8 Å². The Morgan fingerprint density at radius 1 is 1.11 bits per heavy atom. The number of hydrogen-bond donors (Lipinski definition) is 1. The molecule has 27 heavy (non-hydrogen) atoms. The van der Waals surface area contributed by atoms with Gasteiger partial charge in [0.1, 0.15) is 22.1 Å². The third kappa shape index (κ3) is 3.71. The number of anilines is 1. The van der Waals surface area contributed by atoms with Crippen LogP contribution in [0.2, 0.25) is 0 Å². The van der Waals surface area contributed by atoms with Gasteiger partial charge < -0.3 is 10.0 Å². The Labute approximate surface area is 155 Å². The summed E-state index contributed by atoms with van der Waals surface area (Å²) in [7, 11) is -3.89. The van der Waals surface area contributed by atoms with E-state index < -0.39 is 20.8 Å². The molecule has 2 aromatic rings. The molecule has 1 aliphatic rings. The minimum Gasteiger partial charge on any atom is -0.507 e. The zero-order valence-corrected chi connectivity index (χ0v) is 15.3. The number of nitro benzene ring substituents is 1. The summed E-state index contributed by atoms with van der Waals surface area (Å²) >= 11 is 0. The lowest BCUT2D eigenvalue weighted by Gasteiger charge is -2.35.